The Hall–Kier alpha value is -3.23. The second-order valence-electron chi connectivity index (χ2n) is 8.43. The molecule has 0 aliphatic carbocycles. The van der Waals surface area contributed by atoms with Crippen LogP contribution in [0, 0.1) is 12.8 Å². The maximum absolute atomic E-state index is 4.92. The van der Waals surface area contributed by atoms with Crippen molar-refractivity contribution in [3.63, 3.8) is 0 Å². The summed E-state index contributed by atoms with van der Waals surface area (Å²) in [6.45, 7) is 19.6. The molecule has 172 valence electrons. The maximum atomic E-state index is 4.92. The van der Waals surface area contributed by atoms with Crippen LogP contribution in [0.3, 0.4) is 0 Å². The lowest BCUT2D eigenvalue weighted by Crippen LogP contribution is -2.04. The fraction of sp³-hybridized carbons (Fsp3) is 0.258. The molecule has 0 saturated carbocycles. The zero-order valence-electron chi connectivity index (χ0n) is 21.1. The standard InChI is InChI=1S/C31H38N2/c1-9-11-12-28(10-2)26(7)33-31-20-30(16-13-22(31)3)25(6)23(4)19-24(5)29-17-14-27(15-18-29)21-32-8/h9-20,23,32H,1,6,21H2,2-5,7-8H3/b12-11-,24-19+,28-10+,33-26?. The van der Waals surface area contributed by atoms with Gasteiger partial charge in [-0.2, -0.15) is 0 Å². The van der Waals surface area contributed by atoms with E-state index in [4.69, 9.17) is 4.99 Å². The minimum absolute atomic E-state index is 0.212. The molecule has 1 atom stereocenters. The maximum Gasteiger partial charge on any atom is 0.0668 e. The van der Waals surface area contributed by atoms with E-state index in [1.807, 2.05) is 33.0 Å². The number of hydrogen-bond donors (Lipinski definition) is 1. The Balaban J connectivity index is 2.27. The molecule has 0 radical (unpaired) electrons. The third kappa shape index (κ3) is 7.40. The number of nitrogens with one attached hydrogen (secondary N) is 1. The van der Waals surface area contributed by atoms with Crippen molar-refractivity contribution >= 4 is 22.5 Å². The van der Waals surface area contributed by atoms with Crippen molar-refractivity contribution in [2.75, 3.05) is 7.05 Å². The first kappa shape index (κ1) is 26.0. The highest BCUT2D eigenvalue weighted by Crippen LogP contribution is 2.30. The van der Waals surface area contributed by atoms with E-state index < -0.39 is 0 Å². The van der Waals surface area contributed by atoms with Gasteiger partial charge in [-0.15, -0.1) is 0 Å². The number of aliphatic imine (C=N–C) groups is 1. The van der Waals surface area contributed by atoms with E-state index in [2.05, 4.69) is 93.9 Å². The zero-order chi connectivity index (χ0) is 24.4. The van der Waals surface area contributed by atoms with Gasteiger partial charge in [0.25, 0.3) is 0 Å². The minimum Gasteiger partial charge on any atom is -0.316 e. The number of aryl methyl sites for hydroxylation is 1. The number of allylic oxidation sites excluding steroid dienone is 8. The van der Waals surface area contributed by atoms with Crippen LogP contribution in [0.25, 0.3) is 11.1 Å². The van der Waals surface area contributed by atoms with Crippen LogP contribution < -0.4 is 5.32 Å². The molecule has 2 rings (SSSR count). The minimum atomic E-state index is 0.212. The Kier molecular flexibility index (Phi) is 10.0. The van der Waals surface area contributed by atoms with Gasteiger partial charge >= 0.3 is 0 Å². The summed E-state index contributed by atoms with van der Waals surface area (Å²) in [5.74, 6) is 0.212. The van der Waals surface area contributed by atoms with Crippen LogP contribution in [0.5, 0.6) is 0 Å². The summed E-state index contributed by atoms with van der Waals surface area (Å²) >= 11 is 0. The summed E-state index contributed by atoms with van der Waals surface area (Å²) in [4.78, 5) is 4.92. The molecule has 1 unspecified atom stereocenters. The number of rotatable bonds is 10. The molecule has 0 bridgehead atoms. The normalized spacial score (nSPS) is 13.9. The summed E-state index contributed by atoms with van der Waals surface area (Å²) in [6.07, 6.45) is 10.1. The molecule has 0 saturated heterocycles. The molecule has 0 aliphatic rings. The summed E-state index contributed by atoms with van der Waals surface area (Å²) in [6, 6.07) is 15.2. The predicted octanol–water partition coefficient (Wildman–Crippen LogP) is 8.25. The number of nitrogens with zero attached hydrogens (tertiary/aromatic N) is 1. The molecule has 0 aliphatic heterocycles. The highest BCUT2D eigenvalue weighted by molar-refractivity contribution is 6.02. The van der Waals surface area contributed by atoms with E-state index in [-0.39, 0.29) is 5.92 Å². The highest BCUT2D eigenvalue weighted by Gasteiger charge is 2.10. The second kappa shape index (κ2) is 12.7. The summed E-state index contributed by atoms with van der Waals surface area (Å²) < 4.78 is 0. The van der Waals surface area contributed by atoms with Crippen LogP contribution in [-0.2, 0) is 6.54 Å². The van der Waals surface area contributed by atoms with E-state index in [0.717, 1.165) is 40.2 Å². The van der Waals surface area contributed by atoms with Gasteiger partial charge in [0.05, 0.1) is 5.69 Å². The van der Waals surface area contributed by atoms with E-state index in [1.165, 1.54) is 16.7 Å². The molecule has 0 amide bonds. The molecule has 0 spiro atoms. The lowest BCUT2D eigenvalue weighted by molar-refractivity contribution is 0.818. The van der Waals surface area contributed by atoms with Crippen molar-refractivity contribution in [2.45, 2.75) is 41.2 Å². The van der Waals surface area contributed by atoms with Gasteiger partial charge in [-0.3, -0.25) is 4.99 Å². The Morgan fingerprint density at radius 2 is 1.76 bits per heavy atom. The monoisotopic (exact) mass is 438 g/mol. The van der Waals surface area contributed by atoms with Crippen molar-refractivity contribution in [1.29, 1.82) is 0 Å². The molecule has 1 N–H and O–H groups in total. The van der Waals surface area contributed by atoms with E-state index in [0.29, 0.717) is 0 Å². The van der Waals surface area contributed by atoms with Gasteiger partial charge < -0.3 is 5.32 Å². The van der Waals surface area contributed by atoms with Gasteiger partial charge in [0, 0.05) is 12.3 Å². The van der Waals surface area contributed by atoms with E-state index in [9.17, 15) is 0 Å². The highest BCUT2D eigenvalue weighted by atomic mass is 14.8. The molecule has 0 heterocycles. The quantitative estimate of drug-likeness (QED) is 0.293. The van der Waals surface area contributed by atoms with Crippen LogP contribution >= 0.6 is 0 Å². The Bertz CT molecular complexity index is 1090. The van der Waals surface area contributed by atoms with E-state index >= 15 is 0 Å². The van der Waals surface area contributed by atoms with Crippen molar-refractivity contribution in [3.05, 3.63) is 114 Å². The van der Waals surface area contributed by atoms with Gasteiger partial charge in [-0.25, -0.2) is 0 Å². The molecule has 0 fully saturated rings. The van der Waals surface area contributed by atoms with Gasteiger partial charge in [0.15, 0.2) is 0 Å². The van der Waals surface area contributed by atoms with Crippen molar-refractivity contribution < 1.29 is 0 Å². The smallest absolute Gasteiger partial charge is 0.0668 e. The van der Waals surface area contributed by atoms with Crippen LogP contribution in [0.15, 0.2) is 96.6 Å². The largest absolute Gasteiger partial charge is 0.316 e. The van der Waals surface area contributed by atoms with Crippen LogP contribution in [-0.4, -0.2) is 12.8 Å². The molecular weight excluding hydrogens is 400 g/mol. The molecule has 2 aromatic carbocycles. The second-order valence-corrected chi connectivity index (χ2v) is 8.43. The van der Waals surface area contributed by atoms with Crippen molar-refractivity contribution in [3.8, 4) is 0 Å². The fourth-order valence-corrected chi connectivity index (χ4v) is 3.70. The van der Waals surface area contributed by atoms with Crippen LogP contribution in [0.2, 0.25) is 0 Å². The SMILES string of the molecule is C=C/C=C\C(=C/C)C(C)=Nc1cc(C(=C)C(C)/C=C(\C)c2ccc(CNC)cc2)ccc1C. The first-order chi connectivity index (χ1) is 15.8. The van der Waals surface area contributed by atoms with Crippen molar-refractivity contribution in [2.24, 2.45) is 10.9 Å². The zero-order valence-corrected chi connectivity index (χ0v) is 21.1. The summed E-state index contributed by atoms with van der Waals surface area (Å²) in [5.41, 5.74) is 10.2. The Morgan fingerprint density at radius 3 is 2.36 bits per heavy atom. The molecule has 33 heavy (non-hydrogen) atoms. The molecule has 2 heteroatoms. The number of hydrogen-bond acceptors (Lipinski definition) is 2. The van der Waals surface area contributed by atoms with Gasteiger partial charge in [0.1, 0.15) is 0 Å². The first-order valence-corrected chi connectivity index (χ1v) is 11.5. The molecule has 2 nitrogen and oxygen atoms in total. The molecule has 0 aromatic heterocycles. The number of benzene rings is 2. The van der Waals surface area contributed by atoms with Gasteiger partial charge in [-0.1, -0.05) is 86.9 Å². The van der Waals surface area contributed by atoms with Crippen LogP contribution in [0.4, 0.5) is 5.69 Å². The fourth-order valence-electron chi connectivity index (χ4n) is 3.70. The van der Waals surface area contributed by atoms with Gasteiger partial charge in [0.2, 0.25) is 0 Å². The lowest BCUT2D eigenvalue weighted by Gasteiger charge is -2.15. The molecular formula is C31H38N2. The average molecular weight is 439 g/mol. The predicted molar refractivity (Wildman–Crippen MR) is 148 cm³/mol. The van der Waals surface area contributed by atoms with Crippen LogP contribution in [0.1, 0.15) is 49.9 Å². The average Bonchev–Trinajstić information content (AvgIpc) is 2.81. The lowest BCUT2D eigenvalue weighted by atomic mass is 9.91. The molecule has 2 aromatic rings. The third-order valence-electron chi connectivity index (χ3n) is 5.85. The third-order valence-corrected chi connectivity index (χ3v) is 5.85. The summed E-state index contributed by atoms with van der Waals surface area (Å²) in [5, 5.41) is 3.19. The Morgan fingerprint density at radius 1 is 1.09 bits per heavy atom. The van der Waals surface area contributed by atoms with Crippen molar-refractivity contribution in [1.82, 2.24) is 5.32 Å². The topological polar surface area (TPSA) is 24.4 Å². The first-order valence-electron chi connectivity index (χ1n) is 11.5. The summed E-state index contributed by atoms with van der Waals surface area (Å²) in [7, 11) is 1.97. The Labute approximate surface area is 200 Å². The van der Waals surface area contributed by atoms with E-state index in [1.54, 1.807) is 6.08 Å². The van der Waals surface area contributed by atoms with Gasteiger partial charge in [-0.05, 0) is 85.7 Å².